The Morgan fingerprint density at radius 1 is 1.23 bits per heavy atom. The van der Waals surface area contributed by atoms with Gasteiger partial charge >= 0.3 is 0 Å². The van der Waals surface area contributed by atoms with E-state index >= 15 is 0 Å². The van der Waals surface area contributed by atoms with E-state index in [1.54, 1.807) is 23.7 Å². The molecule has 1 fully saturated rings. The van der Waals surface area contributed by atoms with Crippen LogP contribution in [0.4, 0.5) is 16.9 Å². The van der Waals surface area contributed by atoms with Crippen LogP contribution >= 0.6 is 11.3 Å². The molecule has 26 heavy (non-hydrogen) atoms. The molecule has 1 aliphatic heterocycles. The van der Waals surface area contributed by atoms with Crippen molar-refractivity contribution in [2.75, 3.05) is 23.3 Å². The number of hydrogen-bond donors (Lipinski definition) is 1. The Balaban J connectivity index is 1.51. The van der Waals surface area contributed by atoms with Gasteiger partial charge in [-0.25, -0.2) is 19.9 Å². The van der Waals surface area contributed by atoms with Crippen LogP contribution in [0.1, 0.15) is 35.8 Å². The van der Waals surface area contributed by atoms with Crippen molar-refractivity contribution in [3.05, 3.63) is 41.1 Å². The minimum Gasteiger partial charge on any atom is -0.340 e. The lowest BCUT2D eigenvalue weighted by Crippen LogP contribution is -2.22. The molecule has 8 nitrogen and oxygen atoms in total. The van der Waals surface area contributed by atoms with E-state index in [9.17, 15) is 0 Å². The Bertz CT molecular complexity index is 881. The van der Waals surface area contributed by atoms with E-state index in [1.165, 1.54) is 0 Å². The Hall–Kier alpha value is -2.68. The lowest BCUT2D eigenvalue weighted by Gasteiger charge is -2.15. The third-order valence-electron chi connectivity index (χ3n) is 4.26. The molecule has 4 heterocycles. The third kappa shape index (κ3) is 3.62. The van der Waals surface area contributed by atoms with Crippen molar-refractivity contribution in [1.82, 2.24) is 30.1 Å². The summed E-state index contributed by atoms with van der Waals surface area (Å²) in [6, 6.07) is 3.76. The Morgan fingerprint density at radius 3 is 2.85 bits per heavy atom. The van der Waals surface area contributed by atoms with Gasteiger partial charge in [-0.15, -0.1) is 10.2 Å². The van der Waals surface area contributed by atoms with Gasteiger partial charge in [-0.3, -0.25) is 0 Å². The monoisotopic (exact) mass is 368 g/mol. The normalized spacial score (nSPS) is 16.8. The molecule has 0 aromatic carbocycles. The highest BCUT2D eigenvalue weighted by atomic mass is 32.1. The lowest BCUT2D eigenvalue weighted by molar-refractivity contribution is 0.704. The summed E-state index contributed by atoms with van der Waals surface area (Å²) < 4.78 is 0. The summed E-state index contributed by atoms with van der Waals surface area (Å²) in [6.45, 7) is 5.79. The van der Waals surface area contributed by atoms with Crippen LogP contribution < -0.4 is 10.2 Å². The SMILES string of the molecule is CCc1nnc(Nc2cc(C)nc([C@@H]3CCN(c4ncccn4)C3)n2)s1. The van der Waals surface area contributed by atoms with Gasteiger partial charge in [0, 0.05) is 43.2 Å². The zero-order valence-electron chi connectivity index (χ0n) is 14.8. The van der Waals surface area contributed by atoms with Gasteiger partial charge < -0.3 is 10.2 Å². The topological polar surface area (TPSA) is 92.6 Å². The third-order valence-corrected chi connectivity index (χ3v) is 5.25. The van der Waals surface area contributed by atoms with Gasteiger partial charge in [0.05, 0.1) is 0 Å². The summed E-state index contributed by atoms with van der Waals surface area (Å²) in [7, 11) is 0. The predicted molar refractivity (Wildman–Crippen MR) is 101 cm³/mol. The number of aryl methyl sites for hydroxylation is 2. The van der Waals surface area contributed by atoms with E-state index in [-0.39, 0.29) is 5.92 Å². The number of rotatable bonds is 5. The van der Waals surface area contributed by atoms with Crippen molar-refractivity contribution in [2.45, 2.75) is 32.6 Å². The predicted octanol–water partition coefficient (Wildman–Crippen LogP) is 2.73. The zero-order chi connectivity index (χ0) is 17.9. The largest absolute Gasteiger partial charge is 0.340 e. The van der Waals surface area contributed by atoms with Crippen molar-refractivity contribution in [1.29, 1.82) is 0 Å². The number of nitrogens with zero attached hydrogens (tertiary/aromatic N) is 7. The summed E-state index contributed by atoms with van der Waals surface area (Å²) in [5.41, 5.74) is 0.937. The molecule has 4 rings (SSSR count). The van der Waals surface area contributed by atoms with Crippen molar-refractivity contribution < 1.29 is 0 Å². The molecule has 3 aromatic heterocycles. The average molecular weight is 368 g/mol. The number of aromatic nitrogens is 6. The maximum atomic E-state index is 4.72. The minimum absolute atomic E-state index is 0.264. The fraction of sp³-hybridized carbons (Fsp3) is 0.412. The van der Waals surface area contributed by atoms with Crippen LogP contribution in [0.15, 0.2) is 24.5 Å². The average Bonchev–Trinajstić information content (AvgIpc) is 3.31. The zero-order valence-corrected chi connectivity index (χ0v) is 15.6. The first-order valence-electron chi connectivity index (χ1n) is 8.68. The Labute approximate surface area is 155 Å². The summed E-state index contributed by atoms with van der Waals surface area (Å²) in [5.74, 6) is 2.65. The van der Waals surface area contributed by atoms with Crippen molar-refractivity contribution in [3.8, 4) is 0 Å². The van der Waals surface area contributed by atoms with Crippen LogP contribution in [-0.4, -0.2) is 43.2 Å². The van der Waals surface area contributed by atoms with Crippen LogP contribution in [0.25, 0.3) is 0 Å². The van der Waals surface area contributed by atoms with Gasteiger partial charge in [-0.1, -0.05) is 18.3 Å². The fourth-order valence-electron chi connectivity index (χ4n) is 3.00. The van der Waals surface area contributed by atoms with Crippen LogP contribution in [0, 0.1) is 6.92 Å². The molecule has 0 unspecified atom stereocenters. The summed E-state index contributed by atoms with van der Waals surface area (Å²) >= 11 is 1.55. The van der Waals surface area contributed by atoms with Gasteiger partial charge in [0.2, 0.25) is 11.1 Å². The second-order valence-electron chi connectivity index (χ2n) is 6.21. The molecule has 1 aliphatic rings. The highest BCUT2D eigenvalue weighted by Gasteiger charge is 2.28. The lowest BCUT2D eigenvalue weighted by atomic mass is 10.1. The van der Waals surface area contributed by atoms with Crippen molar-refractivity contribution >= 4 is 28.2 Å². The Kier molecular flexibility index (Phi) is 4.70. The maximum Gasteiger partial charge on any atom is 0.225 e. The van der Waals surface area contributed by atoms with Crippen LogP contribution in [-0.2, 0) is 6.42 Å². The molecule has 0 bridgehead atoms. The van der Waals surface area contributed by atoms with Crippen LogP contribution in [0.2, 0.25) is 0 Å². The second kappa shape index (κ2) is 7.28. The number of nitrogens with one attached hydrogen (secondary N) is 1. The van der Waals surface area contributed by atoms with Crippen molar-refractivity contribution in [2.24, 2.45) is 0 Å². The molecule has 0 amide bonds. The molecule has 1 atom stereocenters. The molecule has 0 spiro atoms. The van der Waals surface area contributed by atoms with Crippen molar-refractivity contribution in [3.63, 3.8) is 0 Å². The molecule has 0 aliphatic carbocycles. The van der Waals surface area contributed by atoms with Gasteiger partial charge in [0.15, 0.2) is 0 Å². The first-order chi connectivity index (χ1) is 12.7. The van der Waals surface area contributed by atoms with E-state index in [1.807, 2.05) is 19.1 Å². The summed E-state index contributed by atoms with van der Waals surface area (Å²) in [6.07, 6.45) is 5.41. The molecule has 0 saturated carbocycles. The van der Waals surface area contributed by atoms with Gasteiger partial charge in [0.25, 0.3) is 0 Å². The molecule has 1 N–H and O–H groups in total. The molecule has 134 valence electrons. The highest BCUT2D eigenvalue weighted by molar-refractivity contribution is 7.15. The highest BCUT2D eigenvalue weighted by Crippen LogP contribution is 2.28. The van der Waals surface area contributed by atoms with E-state index < -0.39 is 0 Å². The molecule has 1 saturated heterocycles. The summed E-state index contributed by atoms with van der Waals surface area (Å²) in [4.78, 5) is 20.2. The van der Waals surface area contributed by atoms with E-state index in [4.69, 9.17) is 4.98 Å². The smallest absolute Gasteiger partial charge is 0.225 e. The standard InChI is InChI=1S/C17H20N8S/c1-3-14-23-24-17(26-14)22-13-9-11(2)20-15(21-13)12-5-8-25(10-12)16-18-6-4-7-19-16/h4,6-7,9,12H,3,5,8,10H2,1-2H3,(H,20,21,22,24)/t12-/m1/s1. The summed E-state index contributed by atoms with van der Waals surface area (Å²) in [5, 5.41) is 13.3. The molecular weight excluding hydrogens is 348 g/mol. The molecule has 3 aromatic rings. The van der Waals surface area contributed by atoms with E-state index in [2.05, 4.69) is 42.3 Å². The van der Waals surface area contributed by atoms with Gasteiger partial charge in [0.1, 0.15) is 16.6 Å². The molecule has 0 radical (unpaired) electrons. The molecule has 9 heteroatoms. The second-order valence-corrected chi connectivity index (χ2v) is 7.27. The molecular formula is C17H20N8S. The maximum absolute atomic E-state index is 4.72. The van der Waals surface area contributed by atoms with Crippen LogP contribution in [0.3, 0.4) is 0 Å². The number of anilines is 3. The van der Waals surface area contributed by atoms with Gasteiger partial charge in [-0.2, -0.15) is 0 Å². The Morgan fingerprint density at radius 2 is 2.08 bits per heavy atom. The first kappa shape index (κ1) is 16.8. The van der Waals surface area contributed by atoms with Gasteiger partial charge in [-0.05, 0) is 25.8 Å². The number of hydrogen-bond acceptors (Lipinski definition) is 9. The van der Waals surface area contributed by atoms with E-state index in [0.29, 0.717) is 0 Å². The van der Waals surface area contributed by atoms with E-state index in [0.717, 1.165) is 59.4 Å². The quantitative estimate of drug-likeness (QED) is 0.735. The minimum atomic E-state index is 0.264. The first-order valence-corrected chi connectivity index (χ1v) is 9.50. The van der Waals surface area contributed by atoms with Crippen LogP contribution in [0.5, 0.6) is 0 Å². The fourth-order valence-corrected chi connectivity index (χ4v) is 3.69.